The van der Waals surface area contributed by atoms with E-state index in [1.54, 1.807) is 0 Å². The molecule has 10 atom stereocenters. The molecular weight excluding hydrogens is 571 g/mol. The Kier molecular flexibility index (Phi) is 10.1. The summed E-state index contributed by atoms with van der Waals surface area (Å²) in [6.07, 6.45) is 10.2. The van der Waals surface area contributed by atoms with E-state index in [0.29, 0.717) is 30.6 Å². The predicted molar refractivity (Wildman–Crippen MR) is 147 cm³/mol. The van der Waals surface area contributed by atoms with Gasteiger partial charge in [0.1, 0.15) is 18.7 Å². The summed E-state index contributed by atoms with van der Waals surface area (Å²) in [6, 6.07) is 0. The van der Waals surface area contributed by atoms with Gasteiger partial charge in [0.2, 0.25) is 0 Å². The van der Waals surface area contributed by atoms with Gasteiger partial charge in [-0.2, -0.15) is 0 Å². The second-order valence-electron chi connectivity index (χ2n) is 12.4. The van der Waals surface area contributed by atoms with Crippen molar-refractivity contribution in [3.8, 4) is 0 Å². The smallest absolute Gasteiger partial charge is 0.309 e. The third-order valence-corrected chi connectivity index (χ3v) is 12.7. The molecule has 6 nitrogen and oxygen atoms in total. The average Bonchev–Trinajstić information content (AvgIpc) is 2.83. The van der Waals surface area contributed by atoms with Gasteiger partial charge >= 0.3 is 11.9 Å². The molecule has 0 aliphatic heterocycles. The van der Waals surface area contributed by atoms with Crippen LogP contribution in [-0.4, -0.2) is 41.1 Å². The first kappa shape index (κ1) is 29.6. The number of alkyl halides is 1. The zero-order chi connectivity index (χ0) is 26.7. The first-order valence-electron chi connectivity index (χ1n) is 13.8. The first-order valence-corrected chi connectivity index (χ1v) is 15.1. The van der Waals surface area contributed by atoms with Crippen LogP contribution in [0.5, 0.6) is 0 Å². The lowest BCUT2D eigenvalue weighted by Crippen LogP contribution is -2.57. The average molecular weight is 617 g/mol. The molecule has 0 unspecified atom stereocenters. The highest BCUT2D eigenvalue weighted by atomic mass is 127. The molecule has 0 bridgehead atoms. The largest absolute Gasteiger partial charge is 0.465 e. The minimum Gasteiger partial charge on any atom is -0.465 e. The molecule has 0 aromatic carbocycles. The summed E-state index contributed by atoms with van der Waals surface area (Å²) in [6.45, 7) is 10.4. The number of hydrogen-bond acceptors (Lipinski definition) is 6. The lowest BCUT2D eigenvalue weighted by atomic mass is 9.44. The van der Waals surface area contributed by atoms with Gasteiger partial charge in [-0.25, -0.2) is 0 Å². The number of rotatable bonds is 10. The normalized spacial score (nSPS) is 38.4. The van der Waals surface area contributed by atoms with Crippen LogP contribution in [-0.2, 0) is 28.7 Å². The Hall–Kier alpha value is -0.990. The Bertz CT molecular complexity index is 816. The zero-order valence-electron chi connectivity index (χ0n) is 22.7. The molecule has 0 saturated heterocycles. The number of carbonyl (C=O) groups excluding carboxylic acids is 4. The van der Waals surface area contributed by atoms with Crippen molar-refractivity contribution in [3.05, 3.63) is 0 Å². The molecule has 0 radical (unpaired) electrons. The minimum absolute atomic E-state index is 0.0204. The molecule has 0 aromatic heterocycles. The van der Waals surface area contributed by atoms with Crippen molar-refractivity contribution < 1.29 is 28.7 Å². The number of carbonyl (C=O) groups is 4. The van der Waals surface area contributed by atoms with Crippen LogP contribution >= 0.6 is 22.6 Å². The monoisotopic (exact) mass is 616 g/mol. The van der Waals surface area contributed by atoms with Gasteiger partial charge in [-0.3, -0.25) is 9.59 Å². The molecule has 0 spiro atoms. The highest BCUT2D eigenvalue weighted by Crippen LogP contribution is 2.65. The van der Waals surface area contributed by atoms with Crippen LogP contribution in [0.4, 0.5) is 0 Å². The van der Waals surface area contributed by atoms with Crippen molar-refractivity contribution in [2.24, 2.45) is 46.3 Å². The van der Waals surface area contributed by atoms with Crippen molar-refractivity contribution in [1.82, 2.24) is 0 Å². The Morgan fingerprint density at radius 1 is 1.06 bits per heavy atom. The molecule has 0 heterocycles. The number of esters is 2. The van der Waals surface area contributed by atoms with Crippen molar-refractivity contribution in [3.63, 3.8) is 0 Å². The van der Waals surface area contributed by atoms with E-state index in [4.69, 9.17) is 9.47 Å². The summed E-state index contributed by atoms with van der Waals surface area (Å²) >= 11 is 2.44. The first-order chi connectivity index (χ1) is 17.0. The zero-order valence-corrected chi connectivity index (χ0v) is 24.8. The Morgan fingerprint density at radius 2 is 1.78 bits per heavy atom. The Morgan fingerprint density at radius 3 is 2.42 bits per heavy atom. The van der Waals surface area contributed by atoms with Gasteiger partial charge in [0.25, 0.3) is 0 Å². The van der Waals surface area contributed by atoms with Gasteiger partial charge in [-0.05, 0) is 85.4 Å². The van der Waals surface area contributed by atoms with Crippen LogP contribution in [0.1, 0.15) is 92.4 Å². The third-order valence-electron chi connectivity index (χ3n) is 10.2. The van der Waals surface area contributed by atoms with Crippen molar-refractivity contribution >= 4 is 47.1 Å². The molecule has 204 valence electrons. The molecule has 3 aliphatic carbocycles. The maximum atomic E-state index is 13.0. The molecular formula is C29H45IO6. The second-order valence-corrected chi connectivity index (χ2v) is 13.8. The van der Waals surface area contributed by atoms with E-state index >= 15 is 0 Å². The van der Waals surface area contributed by atoms with Crippen LogP contribution < -0.4 is 0 Å². The third kappa shape index (κ3) is 6.01. The summed E-state index contributed by atoms with van der Waals surface area (Å²) in [5.74, 6) is 1.16. The topological polar surface area (TPSA) is 86.7 Å². The fourth-order valence-corrected chi connectivity index (χ4v) is 9.14. The van der Waals surface area contributed by atoms with E-state index in [2.05, 4.69) is 36.4 Å². The standard InChI is InChI=1S/C29H45IO6/c1-18(10-14-31)17-35-27(34)19(2)26(30)29(5)13-9-24-23(25(29)11-15-32)7-6-21-16-22(36-20(3)33)8-12-28(21,24)4/h14-15,18-19,21-26H,6-13,16-17H2,1-5H3/t18-,19-,21+,22-,23+,24-,25-,26-,28-,29-/m0/s1. The second kappa shape index (κ2) is 12.2. The van der Waals surface area contributed by atoms with E-state index in [-0.39, 0.29) is 57.2 Å². The van der Waals surface area contributed by atoms with E-state index in [1.807, 2.05) is 13.8 Å². The maximum absolute atomic E-state index is 13.0. The molecule has 0 amide bonds. The van der Waals surface area contributed by atoms with E-state index in [9.17, 15) is 19.2 Å². The van der Waals surface area contributed by atoms with Crippen molar-refractivity contribution in [2.45, 2.75) is 102 Å². The molecule has 0 aromatic rings. The molecule has 36 heavy (non-hydrogen) atoms. The molecule has 7 heteroatoms. The van der Waals surface area contributed by atoms with E-state index in [0.717, 1.165) is 57.5 Å². The number of aldehydes is 2. The van der Waals surface area contributed by atoms with Gasteiger partial charge in [0, 0.05) is 23.7 Å². The highest BCUT2D eigenvalue weighted by molar-refractivity contribution is 14.1. The highest BCUT2D eigenvalue weighted by Gasteiger charge is 2.59. The summed E-state index contributed by atoms with van der Waals surface area (Å²) in [4.78, 5) is 47.2. The SMILES string of the molecule is CC(=O)O[C@H]1CC[C@@]2(C)[C@H](CC[C@@H]3[C@@H]2CC[C@](C)([C@@H](I)[C@H](C)C(=O)OC[C@@H](C)CC=O)[C@H]3CC=O)C1. The lowest BCUT2D eigenvalue weighted by Gasteiger charge is -2.62. The van der Waals surface area contributed by atoms with E-state index in [1.165, 1.54) is 6.92 Å². The van der Waals surface area contributed by atoms with Crippen LogP contribution in [0.15, 0.2) is 0 Å². The number of hydrogen-bond donors (Lipinski definition) is 0. The maximum Gasteiger partial charge on any atom is 0.309 e. The Balaban J connectivity index is 1.75. The minimum atomic E-state index is -0.282. The van der Waals surface area contributed by atoms with Crippen molar-refractivity contribution in [1.29, 1.82) is 0 Å². The van der Waals surface area contributed by atoms with Gasteiger partial charge < -0.3 is 19.1 Å². The molecule has 3 aliphatic rings. The lowest BCUT2D eigenvalue weighted by molar-refractivity contribution is -0.162. The summed E-state index contributed by atoms with van der Waals surface area (Å²) < 4.78 is 11.2. The summed E-state index contributed by atoms with van der Waals surface area (Å²) in [7, 11) is 0. The molecule has 3 saturated carbocycles. The number of ether oxygens (including phenoxy) is 2. The Labute approximate surface area is 230 Å². The fraction of sp³-hybridized carbons (Fsp3) is 0.862. The fourth-order valence-electron chi connectivity index (χ4n) is 8.08. The predicted octanol–water partition coefficient (Wildman–Crippen LogP) is 5.96. The molecule has 3 fully saturated rings. The van der Waals surface area contributed by atoms with Crippen LogP contribution in [0.3, 0.4) is 0 Å². The quantitative estimate of drug-likeness (QED) is 0.130. The van der Waals surface area contributed by atoms with Gasteiger partial charge in [-0.1, -0.05) is 50.3 Å². The number of halogens is 1. The van der Waals surface area contributed by atoms with E-state index < -0.39 is 0 Å². The van der Waals surface area contributed by atoms with Crippen LogP contribution in [0.25, 0.3) is 0 Å². The number of fused-ring (bicyclic) bond motifs is 3. The summed E-state index contributed by atoms with van der Waals surface area (Å²) in [5, 5.41) is 0. The van der Waals surface area contributed by atoms with Gasteiger partial charge in [0.15, 0.2) is 0 Å². The summed E-state index contributed by atoms with van der Waals surface area (Å²) in [5.41, 5.74) is 0.0791. The van der Waals surface area contributed by atoms with Gasteiger partial charge in [-0.15, -0.1) is 0 Å². The van der Waals surface area contributed by atoms with Crippen LogP contribution in [0, 0.1) is 46.3 Å². The van der Waals surface area contributed by atoms with Crippen LogP contribution in [0.2, 0.25) is 0 Å². The molecule has 3 rings (SSSR count). The molecule has 0 N–H and O–H groups in total. The van der Waals surface area contributed by atoms with Gasteiger partial charge in [0.05, 0.1) is 12.5 Å². The van der Waals surface area contributed by atoms with Crippen molar-refractivity contribution in [2.75, 3.05) is 6.61 Å².